The molecule has 2 heterocycles. The van der Waals surface area contributed by atoms with Gasteiger partial charge in [-0.15, -0.1) is 16.4 Å². The molecule has 3 aromatic rings. The van der Waals surface area contributed by atoms with Crippen LogP contribution in [0.15, 0.2) is 33.9 Å². The van der Waals surface area contributed by atoms with E-state index in [1.165, 1.54) is 11.3 Å². The van der Waals surface area contributed by atoms with E-state index in [0.717, 1.165) is 23.3 Å². The number of sulfone groups is 1. The molecule has 1 aliphatic rings. The van der Waals surface area contributed by atoms with E-state index < -0.39 is 32.7 Å². The molecule has 0 saturated carbocycles. The first-order valence-corrected chi connectivity index (χ1v) is 14.1. The SMILES string of the molecule is CCOC(=O)c1c(NC(=O)CS(=O)(=O)c2nnc(-c3ccc(OCC)cc3)o2)sc2c1CCC(C)C2. The number of ether oxygens (including phenoxy) is 2. The van der Waals surface area contributed by atoms with E-state index in [4.69, 9.17) is 13.9 Å². The largest absolute Gasteiger partial charge is 0.494 e. The summed E-state index contributed by atoms with van der Waals surface area (Å²) in [6.45, 7) is 6.40. The molecule has 1 aromatic carbocycles. The monoisotopic (exact) mass is 533 g/mol. The van der Waals surface area contributed by atoms with E-state index in [9.17, 15) is 18.0 Å². The lowest BCUT2D eigenvalue weighted by atomic mass is 9.88. The topological polar surface area (TPSA) is 138 Å². The maximum atomic E-state index is 12.8. The minimum atomic E-state index is -4.23. The maximum absolute atomic E-state index is 12.8. The Balaban J connectivity index is 1.51. The third-order valence-electron chi connectivity index (χ3n) is 5.65. The minimum Gasteiger partial charge on any atom is -0.494 e. The molecule has 1 atom stereocenters. The van der Waals surface area contributed by atoms with Gasteiger partial charge in [-0.1, -0.05) is 12.0 Å². The maximum Gasteiger partial charge on any atom is 0.341 e. The summed E-state index contributed by atoms with van der Waals surface area (Å²) in [4.78, 5) is 26.4. The Hall–Kier alpha value is -3.25. The molecular formula is C24H27N3O7S2. The second kappa shape index (κ2) is 10.8. The standard InChI is InChI=1S/C24H27N3O7S2/c1-4-32-16-9-7-15(8-10-16)21-26-27-24(34-21)36(30,31)13-19(28)25-22-20(23(29)33-5-2)17-11-6-14(3)12-18(17)35-22/h7-10,14H,4-6,11-13H2,1-3H3,(H,25,28). The quantitative estimate of drug-likeness (QED) is 0.406. The number of rotatable bonds is 9. The Morgan fingerprint density at radius 1 is 1.17 bits per heavy atom. The Morgan fingerprint density at radius 2 is 1.92 bits per heavy atom. The molecule has 10 nitrogen and oxygen atoms in total. The van der Waals surface area contributed by atoms with Crippen molar-refractivity contribution in [1.29, 1.82) is 0 Å². The zero-order chi connectivity index (χ0) is 25.9. The van der Waals surface area contributed by atoms with E-state index in [2.05, 4.69) is 22.4 Å². The van der Waals surface area contributed by atoms with E-state index >= 15 is 0 Å². The first-order valence-electron chi connectivity index (χ1n) is 11.6. The van der Waals surface area contributed by atoms with Gasteiger partial charge in [-0.2, -0.15) is 0 Å². The average Bonchev–Trinajstić information content (AvgIpc) is 3.45. The molecule has 1 N–H and O–H groups in total. The summed E-state index contributed by atoms with van der Waals surface area (Å²) in [7, 11) is -4.23. The molecule has 36 heavy (non-hydrogen) atoms. The molecule has 0 radical (unpaired) electrons. The van der Waals surface area contributed by atoms with Crippen molar-refractivity contribution >= 4 is 38.1 Å². The van der Waals surface area contributed by atoms with E-state index in [-0.39, 0.29) is 12.5 Å². The Kier molecular flexibility index (Phi) is 7.74. The molecule has 12 heteroatoms. The normalized spacial score (nSPS) is 15.2. The lowest BCUT2D eigenvalue weighted by Crippen LogP contribution is -2.24. The number of amides is 1. The number of thiophene rings is 1. The minimum absolute atomic E-state index is 0.00156. The first-order chi connectivity index (χ1) is 17.2. The average molecular weight is 534 g/mol. The highest BCUT2D eigenvalue weighted by Gasteiger charge is 2.31. The number of aromatic nitrogens is 2. The summed E-state index contributed by atoms with van der Waals surface area (Å²) in [5.41, 5.74) is 1.69. The van der Waals surface area contributed by atoms with Crippen LogP contribution in [0.4, 0.5) is 5.00 Å². The zero-order valence-corrected chi connectivity index (χ0v) is 21.8. The van der Waals surface area contributed by atoms with Crippen LogP contribution in [0.3, 0.4) is 0 Å². The number of carbonyl (C=O) groups excluding carboxylic acids is 2. The number of nitrogens with one attached hydrogen (secondary N) is 1. The predicted octanol–water partition coefficient (Wildman–Crippen LogP) is 3.91. The van der Waals surface area contributed by atoms with Gasteiger partial charge in [0, 0.05) is 10.4 Å². The van der Waals surface area contributed by atoms with Gasteiger partial charge in [-0.05, 0) is 68.9 Å². The van der Waals surface area contributed by atoms with Crippen molar-refractivity contribution in [3.63, 3.8) is 0 Å². The van der Waals surface area contributed by atoms with Crippen LogP contribution in [-0.4, -0.2) is 49.5 Å². The van der Waals surface area contributed by atoms with Crippen molar-refractivity contribution in [3.8, 4) is 17.2 Å². The van der Waals surface area contributed by atoms with Crippen LogP contribution in [0.5, 0.6) is 5.75 Å². The third kappa shape index (κ3) is 5.59. The van der Waals surface area contributed by atoms with Crippen LogP contribution in [0.1, 0.15) is 48.0 Å². The van der Waals surface area contributed by atoms with Gasteiger partial charge >= 0.3 is 11.2 Å². The van der Waals surface area contributed by atoms with Gasteiger partial charge in [0.05, 0.1) is 18.8 Å². The van der Waals surface area contributed by atoms with Crippen LogP contribution in [0.2, 0.25) is 0 Å². The van der Waals surface area contributed by atoms with Crippen LogP contribution < -0.4 is 10.1 Å². The second-order valence-electron chi connectivity index (χ2n) is 8.41. The smallest absolute Gasteiger partial charge is 0.341 e. The van der Waals surface area contributed by atoms with Crippen molar-refractivity contribution in [2.24, 2.45) is 5.92 Å². The molecule has 4 rings (SSSR count). The summed E-state index contributed by atoms with van der Waals surface area (Å²) >= 11 is 1.29. The van der Waals surface area contributed by atoms with Gasteiger partial charge in [-0.3, -0.25) is 4.79 Å². The van der Waals surface area contributed by atoms with Crippen LogP contribution in [0, 0.1) is 5.92 Å². The van der Waals surface area contributed by atoms with Gasteiger partial charge < -0.3 is 19.2 Å². The number of nitrogens with zero attached hydrogens (tertiary/aromatic N) is 2. The molecule has 1 unspecified atom stereocenters. The first kappa shape index (κ1) is 25.8. The summed E-state index contributed by atoms with van der Waals surface area (Å²) in [5.74, 6) is -1.15. The number of esters is 1. The number of hydrogen-bond acceptors (Lipinski definition) is 10. The second-order valence-corrected chi connectivity index (χ2v) is 11.4. The number of hydrogen-bond donors (Lipinski definition) is 1. The van der Waals surface area contributed by atoms with Crippen LogP contribution in [0.25, 0.3) is 11.5 Å². The number of carbonyl (C=O) groups is 2. The highest BCUT2D eigenvalue weighted by Crippen LogP contribution is 2.40. The molecule has 0 fully saturated rings. The molecule has 0 spiro atoms. The summed E-state index contributed by atoms with van der Waals surface area (Å²) in [5, 5.41) is 9.67. The third-order valence-corrected chi connectivity index (χ3v) is 8.16. The van der Waals surface area contributed by atoms with Crippen molar-refractivity contribution in [3.05, 3.63) is 40.3 Å². The zero-order valence-electron chi connectivity index (χ0n) is 20.2. The lowest BCUT2D eigenvalue weighted by Gasteiger charge is -2.18. The van der Waals surface area contributed by atoms with Crippen molar-refractivity contribution in [2.75, 3.05) is 24.3 Å². The lowest BCUT2D eigenvalue weighted by molar-refractivity contribution is -0.113. The Bertz CT molecular complexity index is 1360. The van der Waals surface area contributed by atoms with Gasteiger partial charge in [0.15, 0.2) is 0 Å². The molecule has 1 aliphatic carbocycles. The van der Waals surface area contributed by atoms with E-state index in [1.54, 1.807) is 31.2 Å². The summed E-state index contributed by atoms with van der Waals surface area (Å²) in [6.07, 6.45) is 2.41. The molecule has 2 aromatic heterocycles. The number of fused-ring (bicyclic) bond motifs is 1. The van der Waals surface area contributed by atoms with Crippen molar-refractivity contribution in [1.82, 2.24) is 10.2 Å². The fraction of sp³-hybridized carbons (Fsp3) is 0.417. The molecule has 0 bridgehead atoms. The summed E-state index contributed by atoms with van der Waals surface area (Å²) in [6, 6.07) is 6.73. The molecule has 0 saturated heterocycles. The fourth-order valence-corrected chi connectivity index (χ4v) is 6.29. The Labute approximate surface area is 212 Å². The van der Waals surface area contributed by atoms with Crippen LogP contribution >= 0.6 is 11.3 Å². The van der Waals surface area contributed by atoms with Gasteiger partial charge in [0.1, 0.15) is 16.5 Å². The van der Waals surface area contributed by atoms with E-state index in [0.29, 0.717) is 40.8 Å². The van der Waals surface area contributed by atoms with Crippen LogP contribution in [-0.2, 0) is 32.2 Å². The summed E-state index contributed by atoms with van der Waals surface area (Å²) < 4.78 is 41.6. The van der Waals surface area contributed by atoms with Crippen molar-refractivity contribution < 1.29 is 31.9 Å². The Morgan fingerprint density at radius 3 is 2.61 bits per heavy atom. The van der Waals surface area contributed by atoms with Crippen molar-refractivity contribution in [2.45, 2.75) is 45.3 Å². The van der Waals surface area contributed by atoms with E-state index in [1.807, 2.05) is 6.92 Å². The number of benzene rings is 1. The molecule has 1 amide bonds. The molecule has 192 valence electrons. The molecule has 0 aliphatic heterocycles. The molecular weight excluding hydrogens is 506 g/mol. The van der Waals surface area contributed by atoms with Gasteiger partial charge in [-0.25, -0.2) is 13.2 Å². The van der Waals surface area contributed by atoms with Gasteiger partial charge in [0.2, 0.25) is 21.6 Å². The fourth-order valence-electron chi connectivity index (χ4n) is 3.97. The number of anilines is 1. The van der Waals surface area contributed by atoms with Gasteiger partial charge in [0.25, 0.3) is 0 Å². The highest BCUT2D eigenvalue weighted by molar-refractivity contribution is 7.91. The highest BCUT2D eigenvalue weighted by atomic mass is 32.2. The predicted molar refractivity (Wildman–Crippen MR) is 133 cm³/mol.